The van der Waals surface area contributed by atoms with Crippen molar-refractivity contribution < 1.29 is 28.2 Å². The molecule has 0 aromatic heterocycles. The zero-order valence-corrected chi connectivity index (χ0v) is 22.4. The summed E-state index contributed by atoms with van der Waals surface area (Å²) >= 11 is 6.13. The van der Waals surface area contributed by atoms with Gasteiger partial charge in [-0.25, -0.2) is 9.18 Å². The molecule has 196 valence electrons. The minimum absolute atomic E-state index is 0.00441. The van der Waals surface area contributed by atoms with Gasteiger partial charge in [0.05, 0.1) is 24.3 Å². The average molecular weight is 528 g/mol. The first-order valence-corrected chi connectivity index (χ1v) is 12.6. The second kappa shape index (κ2) is 10.6. The molecular formula is C29H31ClFNO5. The van der Waals surface area contributed by atoms with E-state index in [0.29, 0.717) is 46.7 Å². The van der Waals surface area contributed by atoms with Gasteiger partial charge in [-0.1, -0.05) is 31.5 Å². The topological polar surface area (TPSA) is 73.9 Å². The van der Waals surface area contributed by atoms with E-state index < -0.39 is 17.7 Å². The molecule has 1 aliphatic carbocycles. The van der Waals surface area contributed by atoms with Crippen molar-refractivity contribution in [3.05, 3.63) is 80.9 Å². The molecule has 1 atom stereocenters. The van der Waals surface area contributed by atoms with Gasteiger partial charge < -0.3 is 19.5 Å². The molecule has 0 amide bonds. The van der Waals surface area contributed by atoms with Gasteiger partial charge in [0.2, 0.25) is 0 Å². The highest BCUT2D eigenvalue weighted by atomic mass is 35.5. The van der Waals surface area contributed by atoms with Crippen molar-refractivity contribution in [2.75, 3.05) is 13.7 Å². The van der Waals surface area contributed by atoms with Gasteiger partial charge in [-0.15, -0.1) is 0 Å². The second-order valence-corrected chi connectivity index (χ2v) is 10.5. The summed E-state index contributed by atoms with van der Waals surface area (Å²) in [6.07, 6.45) is 1.07. The van der Waals surface area contributed by atoms with E-state index in [1.165, 1.54) is 18.2 Å². The maximum atomic E-state index is 13.5. The molecule has 0 radical (unpaired) electrons. The molecule has 2 aromatic carbocycles. The summed E-state index contributed by atoms with van der Waals surface area (Å²) < 4.78 is 30.3. The van der Waals surface area contributed by atoms with E-state index in [4.69, 9.17) is 25.8 Å². The Balaban J connectivity index is 1.79. The smallest absolute Gasteiger partial charge is 0.336 e. The Morgan fingerprint density at radius 2 is 1.89 bits per heavy atom. The van der Waals surface area contributed by atoms with E-state index in [1.807, 2.05) is 19.1 Å². The summed E-state index contributed by atoms with van der Waals surface area (Å²) in [5, 5.41) is 3.49. The molecule has 0 bridgehead atoms. The fraction of sp³-hybridized carbons (Fsp3) is 0.379. The number of carbonyl (C=O) groups excluding carboxylic acids is 2. The van der Waals surface area contributed by atoms with Crippen LogP contribution in [0.5, 0.6) is 11.5 Å². The Hall–Kier alpha value is -3.32. The maximum Gasteiger partial charge on any atom is 0.336 e. The summed E-state index contributed by atoms with van der Waals surface area (Å²) in [6, 6.07) is 9.43. The van der Waals surface area contributed by atoms with E-state index in [0.717, 1.165) is 11.3 Å². The number of Topliss-reactive ketones (excluding diaryl/α,β-unsaturated/α-hetero) is 1. The molecule has 1 heterocycles. The molecule has 2 aliphatic rings. The molecule has 0 saturated carbocycles. The van der Waals surface area contributed by atoms with Crippen molar-refractivity contribution in [1.29, 1.82) is 0 Å². The molecule has 8 heteroatoms. The number of ether oxygens (including phenoxy) is 3. The Morgan fingerprint density at radius 3 is 2.57 bits per heavy atom. The van der Waals surface area contributed by atoms with E-state index >= 15 is 0 Å². The Labute approximate surface area is 221 Å². The third-order valence-corrected chi connectivity index (χ3v) is 6.95. The minimum Gasteiger partial charge on any atom is -0.496 e. The monoisotopic (exact) mass is 527 g/mol. The number of allylic oxidation sites excluding steroid dienone is 3. The summed E-state index contributed by atoms with van der Waals surface area (Å²) in [7, 11) is 1.55. The Bertz CT molecular complexity index is 1310. The van der Waals surface area contributed by atoms with E-state index in [2.05, 4.69) is 19.2 Å². The first-order chi connectivity index (χ1) is 17.5. The lowest BCUT2D eigenvalue weighted by molar-refractivity contribution is -0.138. The van der Waals surface area contributed by atoms with Crippen LogP contribution >= 0.6 is 11.6 Å². The molecule has 0 saturated heterocycles. The number of methoxy groups -OCH3 is 1. The maximum absolute atomic E-state index is 13.5. The summed E-state index contributed by atoms with van der Waals surface area (Å²) in [6.45, 7) is 8.01. The van der Waals surface area contributed by atoms with Crippen LogP contribution in [0.15, 0.2) is 58.9 Å². The molecular weight excluding hydrogens is 497 g/mol. The van der Waals surface area contributed by atoms with Gasteiger partial charge in [0.25, 0.3) is 0 Å². The minimum atomic E-state index is -0.599. The molecule has 4 rings (SSSR count). The van der Waals surface area contributed by atoms with Gasteiger partial charge in [-0.05, 0) is 61.6 Å². The number of hydrogen-bond acceptors (Lipinski definition) is 6. The predicted molar refractivity (Wildman–Crippen MR) is 139 cm³/mol. The molecule has 1 N–H and O–H groups in total. The number of rotatable bonds is 7. The lowest BCUT2D eigenvalue weighted by atomic mass is 9.68. The van der Waals surface area contributed by atoms with Crippen LogP contribution in [0.1, 0.15) is 57.6 Å². The van der Waals surface area contributed by atoms with Crippen LogP contribution in [0.4, 0.5) is 4.39 Å². The molecule has 6 nitrogen and oxygen atoms in total. The number of carbonyl (C=O) groups is 2. The van der Waals surface area contributed by atoms with Crippen LogP contribution in [-0.2, 0) is 20.9 Å². The number of benzene rings is 2. The van der Waals surface area contributed by atoms with Gasteiger partial charge in [0.1, 0.15) is 23.9 Å². The van der Waals surface area contributed by atoms with Crippen LogP contribution in [-0.4, -0.2) is 25.5 Å². The van der Waals surface area contributed by atoms with Crippen LogP contribution in [0.25, 0.3) is 0 Å². The Kier molecular flexibility index (Phi) is 7.64. The van der Waals surface area contributed by atoms with E-state index in [-0.39, 0.29) is 29.4 Å². The Morgan fingerprint density at radius 1 is 1.16 bits per heavy atom. The highest BCUT2D eigenvalue weighted by Gasteiger charge is 2.43. The van der Waals surface area contributed by atoms with Crippen LogP contribution in [0, 0.1) is 11.2 Å². The summed E-state index contributed by atoms with van der Waals surface area (Å²) in [5.74, 6) is -0.619. The lowest BCUT2D eigenvalue weighted by Gasteiger charge is -2.39. The SMILES string of the molecule is CCOC(=O)C1=C(C)NC2=C(C(=O)CC(C)(C)C2)C1c1ccc(OC)c(COc2ccc(F)cc2Cl)c1. The molecule has 0 spiro atoms. The normalized spacial score (nSPS) is 18.8. The van der Waals surface area contributed by atoms with Crippen molar-refractivity contribution in [2.24, 2.45) is 5.41 Å². The number of dihydropyridines is 1. The van der Waals surface area contributed by atoms with E-state index in [1.54, 1.807) is 20.1 Å². The van der Waals surface area contributed by atoms with Gasteiger partial charge in [0, 0.05) is 34.9 Å². The third-order valence-electron chi connectivity index (χ3n) is 6.65. The van der Waals surface area contributed by atoms with Gasteiger partial charge >= 0.3 is 5.97 Å². The molecule has 1 unspecified atom stereocenters. The summed E-state index contributed by atoms with van der Waals surface area (Å²) in [4.78, 5) is 26.6. The van der Waals surface area contributed by atoms with Crippen LogP contribution in [0.2, 0.25) is 5.02 Å². The number of ketones is 1. The zero-order chi connectivity index (χ0) is 26.9. The second-order valence-electron chi connectivity index (χ2n) is 10.1. The molecule has 37 heavy (non-hydrogen) atoms. The quantitative estimate of drug-likeness (QED) is 0.430. The first kappa shape index (κ1) is 26.7. The fourth-order valence-corrected chi connectivity index (χ4v) is 5.31. The first-order valence-electron chi connectivity index (χ1n) is 12.2. The summed E-state index contributed by atoms with van der Waals surface area (Å²) in [5.41, 5.74) is 3.74. The van der Waals surface area contributed by atoms with Crippen molar-refractivity contribution in [3.63, 3.8) is 0 Å². The third kappa shape index (κ3) is 5.52. The van der Waals surface area contributed by atoms with Gasteiger partial charge in [-0.3, -0.25) is 4.79 Å². The van der Waals surface area contributed by atoms with Crippen molar-refractivity contribution in [2.45, 2.75) is 53.1 Å². The number of esters is 1. The molecule has 2 aromatic rings. The van der Waals surface area contributed by atoms with Crippen molar-refractivity contribution in [3.8, 4) is 11.5 Å². The number of hydrogen-bond donors (Lipinski definition) is 1. The molecule has 1 aliphatic heterocycles. The lowest BCUT2D eigenvalue weighted by Crippen LogP contribution is -2.38. The van der Waals surface area contributed by atoms with Gasteiger partial charge in [-0.2, -0.15) is 0 Å². The van der Waals surface area contributed by atoms with Crippen molar-refractivity contribution in [1.82, 2.24) is 5.32 Å². The molecule has 0 fully saturated rings. The average Bonchev–Trinajstić information content (AvgIpc) is 2.81. The highest BCUT2D eigenvalue weighted by molar-refractivity contribution is 6.32. The van der Waals surface area contributed by atoms with E-state index in [9.17, 15) is 14.0 Å². The van der Waals surface area contributed by atoms with Crippen LogP contribution in [0.3, 0.4) is 0 Å². The number of halogens is 2. The zero-order valence-electron chi connectivity index (χ0n) is 21.7. The predicted octanol–water partition coefficient (Wildman–Crippen LogP) is 6.23. The standard InChI is InChI=1S/C29H31ClFNO5/c1-6-36-28(34)25-16(2)32-21-13-29(3,4)14-22(33)27(21)26(25)17-7-9-23(35-5)18(11-17)15-37-24-10-8-19(31)12-20(24)30/h7-12,26,32H,6,13-15H2,1-5H3. The largest absolute Gasteiger partial charge is 0.496 e. The highest BCUT2D eigenvalue weighted by Crippen LogP contribution is 2.47. The number of nitrogens with one attached hydrogen (secondary N) is 1. The van der Waals surface area contributed by atoms with Gasteiger partial charge in [0.15, 0.2) is 5.78 Å². The fourth-order valence-electron chi connectivity index (χ4n) is 5.09. The van der Waals surface area contributed by atoms with Crippen molar-refractivity contribution >= 4 is 23.4 Å². The van der Waals surface area contributed by atoms with Crippen LogP contribution < -0.4 is 14.8 Å².